The number of amides is 3. The molecule has 0 aliphatic carbocycles. The van der Waals surface area contributed by atoms with Crippen molar-refractivity contribution in [2.75, 3.05) is 16.0 Å². The number of benzene rings is 4. The summed E-state index contributed by atoms with van der Waals surface area (Å²) in [6.45, 7) is 0. The Hall–Kier alpha value is -4.78. The smallest absolute Gasteiger partial charge is 0.417 e. The Bertz CT molecular complexity index is 1100. The molecule has 4 aromatic rings. The number of urea groups is 1. The van der Waals surface area contributed by atoms with Gasteiger partial charge in [0.1, 0.15) is 17.2 Å². The summed E-state index contributed by atoms with van der Waals surface area (Å²) in [6, 6.07) is 31.6. The van der Waals surface area contributed by atoms with E-state index in [4.69, 9.17) is 9.47 Å². The number of rotatable bonds is 6. The number of carbonyl (C=O) groups excluding carboxylic acids is 2. The largest absolute Gasteiger partial charge is 0.457 e. The van der Waals surface area contributed by atoms with Crippen LogP contribution in [0.5, 0.6) is 17.2 Å². The second-order valence-electron chi connectivity index (χ2n) is 6.92. The molecule has 0 heterocycles. The minimum Gasteiger partial charge on any atom is -0.457 e. The third-order valence-corrected chi connectivity index (χ3v) is 4.43. The third kappa shape index (κ3) is 6.60. The fourth-order valence-corrected chi connectivity index (χ4v) is 2.90. The van der Waals surface area contributed by atoms with Gasteiger partial charge in [-0.25, -0.2) is 9.59 Å². The lowest BCUT2D eigenvalue weighted by atomic mass is 10.3. The quantitative estimate of drug-likeness (QED) is 0.311. The van der Waals surface area contributed by atoms with Crippen LogP contribution in [0.3, 0.4) is 0 Å². The van der Waals surface area contributed by atoms with E-state index in [0.717, 1.165) is 0 Å². The van der Waals surface area contributed by atoms with Crippen LogP contribution < -0.4 is 25.4 Å². The van der Waals surface area contributed by atoms with E-state index in [1.54, 1.807) is 72.8 Å². The molecule has 0 spiro atoms. The standard InChI is InChI=1S/C26H21N3O4/c30-25(27-19-7-3-1-4-8-19)28-20-11-15-23(16-12-20)32-24-17-13-21(14-18-24)29-26(31)33-22-9-5-2-6-10-22/h1-18H,(H,29,31)(H2,27,28,30). The van der Waals surface area contributed by atoms with Gasteiger partial charge in [-0.15, -0.1) is 0 Å². The summed E-state index contributed by atoms with van der Waals surface area (Å²) in [5.41, 5.74) is 1.92. The molecular formula is C26H21N3O4. The molecule has 0 saturated heterocycles. The Kier molecular flexibility index (Phi) is 6.82. The molecule has 164 valence electrons. The Morgan fingerprint density at radius 1 is 0.485 bits per heavy atom. The van der Waals surface area contributed by atoms with Crippen molar-refractivity contribution in [2.45, 2.75) is 0 Å². The van der Waals surface area contributed by atoms with Crippen molar-refractivity contribution in [3.05, 3.63) is 109 Å². The molecule has 33 heavy (non-hydrogen) atoms. The molecule has 0 radical (unpaired) electrons. The van der Waals surface area contributed by atoms with Gasteiger partial charge in [0.2, 0.25) is 0 Å². The van der Waals surface area contributed by atoms with Crippen LogP contribution >= 0.6 is 0 Å². The summed E-state index contributed by atoms with van der Waals surface area (Å²) in [6.07, 6.45) is -0.575. The van der Waals surface area contributed by atoms with Gasteiger partial charge < -0.3 is 20.1 Å². The zero-order valence-corrected chi connectivity index (χ0v) is 17.5. The third-order valence-electron chi connectivity index (χ3n) is 4.43. The van der Waals surface area contributed by atoms with E-state index in [0.29, 0.717) is 34.3 Å². The first kappa shape index (κ1) is 21.5. The SMILES string of the molecule is O=C(Nc1ccccc1)Nc1ccc(Oc2ccc(NC(=O)Oc3ccccc3)cc2)cc1. The van der Waals surface area contributed by atoms with Crippen molar-refractivity contribution in [2.24, 2.45) is 0 Å². The van der Waals surface area contributed by atoms with E-state index in [-0.39, 0.29) is 6.03 Å². The van der Waals surface area contributed by atoms with Crippen LogP contribution in [0, 0.1) is 0 Å². The molecule has 4 aromatic carbocycles. The van der Waals surface area contributed by atoms with Crippen LogP contribution in [0.2, 0.25) is 0 Å². The molecule has 4 rings (SSSR count). The Morgan fingerprint density at radius 2 is 0.939 bits per heavy atom. The molecule has 7 nitrogen and oxygen atoms in total. The lowest BCUT2D eigenvalue weighted by Crippen LogP contribution is -2.19. The fourth-order valence-electron chi connectivity index (χ4n) is 2.90. The monoisotopic (exact) mass is 439 g/mol. The minimum atomic E-state index is -0.575. The Labute approximate surface area is 191 Å². The van der Waals surface area contributed by atoms with Crippen molar-refractivity contribution in [1.82, 2.24) is 0 Å². The molecule has 7 heteroatoms. The summed E-state index contributed by atoms with van der Waals surface area (Å²) in [4.78, 5) is 24.0. The first-order valence-electron chi connectivity index (χ1n) is 10.2. The Morgan fingerprint density at radius 3 is 1.48 bits per heavy atom. The highest BCUT2D eigenvalue weighted by atomic mass is 16.6. The molecule has 0 aromatic heterocycles. The predicted molar refractivity (Wildman–Crippen MR) is 128 cm³/mol. The highest BCUT2D eigenvalue weighted by molar-refractivity contribution is 5.99. The molecular weight excluding hydrogens is 418 g/mol. The summed E-state index contributed by atoms with van der Waals surface area (Å²) in [5.74, 6) is 1.66. The normalized spacial score (nSPS) is 10.1. The van der Waals surface area contributed by atoms with E-state index in [9.17, 15) is 9.59 Å². The summed E-state index contributed by atoms with van der Waals surface area (Å²) >= 11 is 0. The number of nitrogens with one attached hydrogen (secondary N) is 3. The zero-order chi connectivity index (χ0) is 22.9. The van der Waals surface area contributed by atoms with Gasteiger partial charge in [-0.3, -0.25) is 5.32 Å². The van der Waals surface area contributed by atoms with Gasteiger partial charge in [0.15, 0.2) is 0 Å². The van der Waals surface area contributed by atoms with E-state index in [1.807, 2.05) is 36.4 Å². The maximum atomic E-state index is 12.1. The van der Waals surface area contributed by atoms with Crippen LogP contribution in [0.1, 0.15) is 0 Å². The van der Waals surface area contributed by atoms with Gasteiger partial charge >= 0.3 is 12.1 Å². The molecule has 0 fully saturated rings. The highest BCUT2D eigenvalue weighted by Crippen LogP contribution is 2.24. The lowest BCUT2D eigenvalue weighted by Gasteiger charge is -2.10. The molecule has 3 amide bonds. The molecule has 0 bridgehead atoms. The van der Waals surface area contributed by atoms with E-state index in [1.165, 1.54) is 0 Å². The number of hydrogen-bond donors (Lipinski definition) is 3. The number of hydrogen-bond acceptors (Lipinski definition) is 4. The predicted octanol–water partition coefficient (Wildman–Crippen LogP) is 6.73. The Balaban J connectivity index is 1.27. The van der Waals surface area contributed by atoms with Crippen LogP contribution in [0.15, 0.2) is 109 Å². The maximum Gasteiger partial charge on any atom is 0.417 e. The van der Waals surface area contributed by atoms with Gasteiger partial charge in [0.25, 0.3) is 0 Å². The van der Waals surface area contributed by atoms with Crippen LogP contribution in [0.4, 0.5) is 26.7 Å². The van der Waals surface area contributed by atoms with E-state index < -0.39 is 6.09 Å². The van der Waals surface area contributed by atoms with Crippen molar-refractivity contribution in [3.63, 3.8) is 0 Å². The number of ether oxygens (including phenoxy) is 2. The van der Waals surface area contributed by atoms with E-state index >= 15 is 0 Å². The van der Waals surface area contributed by atoms with Crippen molar-refractivity contribution < 1.29 is 19.1 Å². The lowest BCUT2D eigenvalue weighted by molar-refractivity contribution is 0.215. The first-order chi connectivity index (χ1) is 16.1. The van der Waals surface area contributed by atoms with Gasteiger partial charge in [-0.2, -0.15) is 0 Å². The summed E-state index contributed by atoms with van der Waals surface area (Å²) < 4.78 is 11.0. The minimum absolute atomic E-state index is 0.330. The van der Waals surface area contributed by atoms with Gasteiger partial charge in [-0.05, 0) is 72.8 Å². The van der Waals surface area contributed by atoms with Crippen LogP contribution in [0.25, 0.3) is 0 Å². The topological polar surface area (TPSA) is 88.7 Å². The molecule has 3 N–H and O–H groups in total. The van der Waals surface area contributed by atoms with Crippen molar-refractivity contribution in [3.8, 4) is 17.2 Å². The maximum absolute atomic E-state index is 12.1. The highest BCUT2D eigenvalue weighted by Gasteiger charge is 2.06. The van der Waals surface area contributed by atoms with Crippen molar-refractivity contribution in [1.29, 1.82) is 0 Å². The molecule has 0 atom stereocenters. The van der Waals surface area contributed by atoms with Crippen molar-refractivity contribution >= 4 is 29.2 Å². The van der Waals surface area contributed by atoms with Gasteiger partial charge in [-0.1, -0.05) is 36.4 Å². The molecule has 0 aliphatic heterocycles. The fraction of sp³-hybridized carbons (Fsp3) is 0. The molecule has 0 aliphatic rings. The van der Waals surface area contributed by atoms with E-state index in [2.05, 4.69) is 16.0 Å². The zero-order valence-electron chi connectivity index (χ0n) is 17.5. The van der Waals surface area contributed by atoms with Crippen LogP contribution in [-0.4, -0.2) is 12.1 Å². The molecule has 0 unspecified atom stereocenters. The van der Waals surface area contributed by atoms with Crippen LogP contribution in [-0.2, 0) is 0 Å². The van der Waals surface area contributed by atoms with Gasteiger partial charge in [0, 0.05) is 17.1 Å². The second-order valence-corrected chi connectivity index (χ2v) is 6.92. The summed E-state index contributed by atoms with van der Waals surface area (Å²) in [7, 11) is 0. The average Bonchev–Trinajstić information content (AvgIpc) is 2.83. The number of carbonyl (C=O) groups is 2. The summed E-state index contributed by atoms with van der Waals surface area (Å²) in [5, 5.41) is 8.19. The first-order valence-corrected chi connectivity index (χ1v) is 10.2. The second kappa shape index (κ2) is 10.5. The van der Waals surface area contributed by atoms with Gasteiger partial charge in [0.05, 0.1) is 0 Å². The number of para-hydroxylation sites is 2. The average molecular weight is 439 g/mol. The number of anilines is 3. The molecule has 0 saturated carbocycles.